The van der Waals surface area contributed by atoms with E-state index in [1.807, 2.05) is 60.7 Å². The maximum atomic E-state index is 13.1. The molecule has 0 bridgehead atoms. The Balaban J connectivity index is 1.53. The number of benzene rings is 2. The summed E-state index contributed by atoms with van der Waals surface area (Å²) in [7, 11) is 1.74. The van der Waals surface area contributed by atoms with E-state index in [1.54, 1.807) is 16.6 Å². The van der Waals surface area contributed by atoms with Crippen molar-refractivity contribution >= 4 is 29.4 Å². The van der Waals surface area contributed by atoms with Crippen molar-refractivity contribution in [2.24, 2.45) is 7.05 Å². The van der Waals surface area contributed by atoms with Crippen LogP contribution in [0.3, 0.4) is 0 Å². The molecule has 1 aliphatic heterocycles. The zero-order chi connectivity index (χ0) is 20.8. The number of carbonyl (C=O) groups excluding carboxylic acids is 1. The molecule has 0 atom stereocenters. The monoisotopic (exact) mass is 423 g/mol. The van der Waals surface area contributed by atoms with Gasteiger partial charge in [0.05, 0.1) is 5.75 Å². The van der Waals surface area contributed by atoms with E-state index in [4.69, 9.17) is 9.47 Å². The normalized spacial score (nSPS) is 12.8. The first-order chi connectivity index (χ1) is 14.7. The molecular formula is C21H21N5O3S. The van der Waals surface area contributed by atoms with Crippen molar-refractivity contribution in [1.29, 1.82) is 0 Å². The van der Waals surface area contributed by atoms with Gasteiger partial charge in [-0.05, 0) is 28.1 Å². The van der Waals surface area contributed by atoms with Gasteiger partial charge < -0.3 is 14.4 Å². The number of hydrogen-bond donors (Lipinski definition) is 0. The lowest BCUT2D eigenvalue weighted by atomic mass is 10.2. The molecule has 3 aromatic rings. The van der Waals surface area contributed by atoms with Crippen LogP contribution < -0.4 is 14.4 Å². The molecule has 0 saturated carbocycles. The fourth-order valence-corrected chi connectivity index (χ4v) is 3.68. The Kier molecular flexibility index (Phi) is 6.29. The van der Waals surface area contributed by atoms with E-state index in [0.717, 1.165) is 11.3 Å². The van der Waals surface area contributed by atoms with Gasteiger partial charge in [0.1, 0.15) is 13.2 Å². The number of aryl methyl sites for hydroxylation is 1. The second kappa shape index (κ2) is 9.45. The molecular weight excluding hydrogens is 402 g/mol. The quantitative estimate of drug-likeness (QED) is 0.541. The van der Waals surface area contributed by atoms with Crippen LogP contribution in [0.25, 0.3) is 6.08 Å². The summed E-state index contributed by atoms with van der Waals surface area (Å²) >= 11 is 1.30. The summed E-state index contributed by atoms with van der Waals surface area (Å²) in [5.74, 6) is 1.49. The van der Waals surface area contributed by atoms with Gasteiger partial charge in [0.25, 0.3) is 0 Å². The van der Waals surface area contributed by atoms with Gasteiger partial charge in [0.15, 0.2) is 11.5 Å². The van der Waals surface area contributed by atoms with Gasteiger partial charge >= 0.3 is 0 Å². The van der Waals surface area contributed by atoms with Crippen molar-refractivity contribution in [2.75, 3.05) is 30.4 Å². The van der Waals surface area contributed by atoms with Gasteiger partial charge in [0.2, 0.25) is 11.1 Å². The molecule has 0 aliphatic carbocycles. The van der Waals surface area contributed by atoms with Crippen LogP contribution in [-0.2, 0) is 11.8 Å². The molecule has 0 saturated heterocycles. The van der Waals surface area contributed by atoms with Crippen molar-refractivity contribution in [1.82, 2.24) is 20.2 Å². The molecule has 0 fully saturated rings. The molecule has 8 nitrogen and oxygen atoms in total. The first-order valence-electron chi connectivity index (χ1n) is 9.47. The predicted octanol–water partition coefficient (Wildman–Crippen LogP) is 2.82. The summed E-state index contributed by atoms with van der Waals surface area (Å²) in [4.78, 5) is 14.8. The van der Waals surface area contributed by atoms with Gasteiger partial charge in [0, 0.05) is 25.3 Å². The largest absolute Gasteiger partial charge is 0.486 e. The highest BCUT2D eigenvalue weighted by atomic mass is 32.2. The third kappa shape index (κ3) is 4.80. The van der Waals surface area contributed by atoms with E-state index in [-0.39, 0.29) is 11.7 Å². The first kappa shape index (κ1) is 20.0. The molecule has 0 unspecified atom stereocenters. The van der Waals surface area contributed by atoms with Gasteiger partial charge in [-0.2, -0.15) is 0 Å². The standard InChI is InChI=1S/C21H21N5O3S/c1-25-21(22-23-24-25)30-15-20(27)26(11-5-8-16-6-3-2-4-7-16)17-9-10-18-19(14-17)29-13-12-28-18/h2-10,14H,11-13,15H2,1H3/b8-5+. The van der Waals surface area contributed by atoms with Crippen molar-refractivity contribution in [3.8, 4) is 11.5 Å². The molecule has 0 N–H and O–H groups in total. The van der Waals surface area contributed by atoms with Crippen molar-refractivity contribution in [3.63, 3.8) is 0 Å². The molecule has 154 valence electrons. The molecule has 1 aromatic heterocycles. The number of hydrogen-bond acceptors (Lipinski definition) is 7. The number of tetrazole rings is 1. The maximum absolute atomic E-state index is 13.1. The Labute approximate surface area is 178 Å². The number of ether oxygens (including phenoxy) is 2. The second-order valence-corrected chi connectivity index (χ2v) is 7.46. The Morgan fingerprint density at radius 2 is 1.97 bits per heavy atom. The number of thioether (sulfide) groups is 1. The summed E-state index contributed by atoms with van der Waals surface area (Å²) in [6, 6.07) is 15.5. The Hall–Kier alpha value is -3.33. The van der Waals surface area contributed by atoms with Crippen LogP contribution in [0.1, 0.15) is 5.56 Å². The average Bonchev–Trinajstić information content (AvgIpc) is 3.20. The Morgan fingerprint density at radius 3 is 2.73 bits per heavy atom. The number of rotatable bonds is 7. The van der Waals surface area contributed by atoms with Crippen LogP contribution in [0.5, 0.6) is 11.5 Å². The zero-order valence-electron chi connectivity index (χ0n) is 16.5. The average molecular weight is 423 g/mol. The highest BCUT2D eigenvalue weighted by Crippen LogP contribution is 2.34. The van der Waals surface area contributed by atoms with Gasteiger partial charge in [-0.1, -0.05) is 54.2 Å². The lowest BCUT2D eigenvalue weighted by Gasteiger charge is -2.24. The third-order valence-corrected chi connectivity index (χ3v) is 5.44. The highest BCUT2D eigenvalue weighted by Gasteiger charge is 2.20. The summed E-state index contributed by atoms with van der Waals surface area (Å²) in [6.45, 7) is 1.44. The van der Waals surface area contributed by atoms with E-state index >= 15 is 0 Å². The Morgan fingerprint density at radius 1 is 1.17 bits per heavy atom. The lowest BCUT2D eigenvalue weighted by molar-refractivity contribution is -0.116. The highest BCUT2D eigenvalue weighted by molar-refractivity contribution is 7.99. The van der Waals surface area contributed by atoms with Gasteiger partial charge in [-0.3, -0.25) is 4.79 Å². The SMILES string of the molecule is Cn1nnnc1SCC(=O)N(C/C=C/c1ccccc1)c1ccc2c(c1)OCCO2. The molecule has 9 heteroatoms. The number of nitrogens with zero attached hydrogens (tertiary/aromatic N) is 5. The number of anilines is 1. The van der Waals surface area contributed by atoms with Crippen LogP contribution in [0.4, 0.5) is 5.69 Å². The number of aromatic nitrogens is 4. The van der Waals surface area contributed by atoms with Crippen LogP contribution in [0.15, 0.2) is 59.8 Å². The summed E-state index contributed by atoms with van der Waals surface area (Å²) in [6.07, 6.45) is 3.97. The number of amides is 1. The van der Waals surface area contributed by atoms with E-state index < -0.39 is 0 Å². The third-order valence-electron chi connectivity index (χ3n) is 4.44. The molecule has 0 radical (unpaired) electrons. The minimum atomic E-state index is -0.0580. The second-order valence-electron chi connectivity index (χ2n) is 6.52. The minimum absolute atomic E-state index is 0.0580. The fourth-order valence-electron chi connectivity index (χ4n) is 2.96. The number of carbonyl (C=O) groups is 1. The predicted molar refractivity (Wildman–Crippen MR) is 115 cm³/mol. The maximum Gasteiger partial charge on any atom is 0.237 e. The smallest absolute Gasteiger partial charge is 0.237 e. The summed E-state index contributed by atoms with van der Waals surface area (Å²) < 4.78 is 12.8. The molecule has 1 amide bonds. The molecule has 2 heterocycles. The first-order valence-corrected chi connectivity index (χ1v) is 10.5. The van der Waals surface area contributed by atoms with Gasteiger partial charge in [-0.25, -0.2) is 4.68 Å². The van der Waals surface area contributed by atoms with Crippen molar-refractivity contribution in [3.05, 3.63) is 60.2 Å². The van der Waals surface area contributed by atoms with E-state index in [1.165, 1.54) is 11.8 Å². The molecule has 1 aliphatic rings. The topological polar surface area (TPSA) is 82.4 Å². The van der Waals surface area contributed by atoms with Crippen LogP contribution in [0, 0.1) is 0 Å². The molecule has 2 aromatic carbocycles. The van der Waals surface area contributed by atoms with Crippen LogP contribution in [0.2, 0.25) is 0 Å². The van der Waals surface area contributed by atoms with Crippen molar-refractivity contribution in [2.45, 2.75) is 5.16 Å². The summed E-state index contributed by atoms with van der Waals surface area (Å²) in [5.41, 5.74) is 1.82. The zero-order valence-corrected chi connectivity index (χ0v) is 17.3. The molecule has 0 spiro atoms. The van der Waals surface area contributed by atoms with Crippen LogP contribution in [-0.4, -0.2) is 51.6 Å². The lowest BCUT2D eigenvalue weighted by Crippen LogP contribution is -2.32. The van der Waals surface area contributed by atoms with Crippen molar-refractivity contribution < 1.29 is 14.3 Å². The molecule has 4 rings (SSSR count). The van der Waals surface area contributed by atoms with Gasteiger partial charge in [-0.15, -0.1) is 5.10 Å². The summed E-state index contributed by atoms with van der Waals surface area (Å²) in [5, 5.41) is 11.9. The van der Waals surface area contributed by atoms with E-state index in [9.17, 15) is 4.79 Å². The van der Waals surface area contributed by atoms with Crippen LogP contribution >= 0.6 is 11.8 Å². The number of fused-ring (bicyclic) bond motifs is 1. The fraction of sp³-hybridized carbons (Fsp3) is 0.238. The van der Waals surface area contributed by atoms with E-state index in [2.05, 4.69) is 15.5 Å². The minimum Gasteiger partial charge on any atom is -0.486 e. The molecule has 30 heavy (non-hydrogen) atoms. The van der Waals surface area contributed by atoms with E-state index in [0.29, 0.717) is 36.4 Å². The Bertz CT molecular complexity index is 1040.